The van der Waals surface area contributed by atoms with E-state index in [9.17, 15) is 13.6 Å². The molecule has 0 bridgehead atoms. The standard InChI is InChI=1S/C11H17F2NO/c1-8-6-14(3-2-10(8)15)7-9-4-11(12,13)5-9/h8-9H,2-7H2,1H3. The second-order valence-electron chi connectivity index (χ2n) is 5.01. The van der Waals surface area contributed by atoms with Crippen molar-refractivity contribution in [2.75, 3.05) is 19.6 Å². The summed E-state index contributed by atoms with van der Waals surface area (Å²) in [5.41, 5.74) is 0. The smallest absolute Gasteiger partial charge is 0.248 e. The Balaban J connectivity index is 1.75. The second-order valence-corrected chi connectivity index (χ2v) is 5.01. The molecular weight excluding hydrogens is 200 g/mol. The summed E-state index contributed by atoms with van der Waals surface area (Å²) in [7, 11) is 0. The number of Topliss-reactive ketones (excluding diaryl/α,β-unsaturated/α-hetero) is 1. The molecule has 1 aliphatic carbocycles. The van der Waals surface area contributed by atoms with E-state index < -0.39 is 5.92 Å². The molecule has 4 heteroatoms. The number of carbonyl (C=O) groups excluding carboxylic acids is 1. The number of halogens is 2. The van der Waals surface area contributed by atoms with Gasteiger partial charge in [-0.25, -0.2) is 8.78 Å². The normalized spacial score (nSPS) is 32.7. The highest BCUT2D eigenvalue weighted by molar-refractivity contribution is 5.81. The molecular formula is C11H17F2NO. The van der Waals surface area contributed by atoms with Gasteiger partial charge in [-0.2, -0.15) is 0 Å². The maximum Gasteiger partial charge on any atom is 0.248 e. The average molecular weight is 217 g/mol. The summed E-state index contributed by atoms with van der Waals surface area (Å²) >= 11 is 0. The number of alkyl halides is 2. The van der Waals surface area contributed by atoms with Gasteiger partial charge in [0.15, 0.2) is 0 Å². The summed E-state index contributed by atoms with van der Waals surface area (Å²) in [4.78, 5) is 13.4. The van der Waals surface area contributed by atoms with E-state index >= 15 is 0 Å². The number of carbonyl (C=O) groups is 1. The second kappa shape index (κ2) is 3.81. The summed E-state index contributed by atoms with van der Waals surface area (Å²) in [6, 6.07) is 0. The molecule has 2 rings (SSSR count). The van der Waals surface area contributed by atoms with Crippen LogP contribution in [0.5, 0.6) is 0 Å². The van der Waals surface area contributed by atoms with Crippen LogP contribution in [0.25, 0.3) is 0 Å². The molecule has 1 atom stereocenters. The average Bonchev–Trinajstić information content (AvgIpc) is 2.08. The molecule has 0 aromatic heterocycles. The first-order chi connectivity index (χ1) is 6.96. The third kappa shape index (κ3) is 2.54. The van der Waals surface area contributed by atoms with Gasteiger partial charge in [-0.15, -0.1) is 0 Å². The highest BCUT2D eigenvalue weighted by Crippen LogP contribution is 2.42. The van der Waals surface area contributed by atoms with Crippen molar-refractivity contribution in [1.82, 2.24) is 4.90 Å². The van der Waals surface area contributed by atoms with E-state index in [0.717, 1.165) is 19.6 Å². The first-order valence-corrected chi connectivity index (χ1v) is 5.59. The number of nitrogens with zero attached hydrogens (tertiary/aromatic N) is 1. The molecule has 1 heterocycles. The fraction of sp³-hybridized carbons (Fsp3) is 0.909. The van der Waals surface area contributed by atoms with Crippen molar-refractivity contribution in [2.45, 2.75) is 32.1 Å². The van der Waals surface area contributed by atoms with E-state index in [1.165, 1.54) is 0 Å². The Hall–Kier alpha value is -0.510. The Morgan fingerprint density at radius 1 is 1.47 bits per heavy atom. The molecule has 1 aliphatic heterocycles. The molecule has 0 radical (unpaired) electrons. The van der Waals surface area contributed by atoms with Crippen molar-refractivity contribution in [3.05, 3.63) is 0 Å². The Kier molecular flexibility index (Phi) is 2.79. The van der Waals surface area contributed by atoms with Crippen LogP contribution in [0.1, 0.15) is 26.2 Å². The largest absolute Gasteiger partial charge is 0.302 e. The minimum Gasteiger partial charge on any atom is -0.302 e. The highest BCUT2D eigenvalue weighted by Gasteiger charge is 2.45. The molecule has 2 aliphatic rings. The van der Waals surface area contributed by atoms with Gasteiger partial charge in [0, 0.05) is 44.8 Å². The number of ketones is 1. The number of piperidine rings is 1. The molecule has 0 N–H and O–H groups in total. The van der Waals surface area contributed by atoms with Crippen molar-refractivity contribution >= 4 is 5.78 Å². The van der Waals surface area contributed by atoms with Crippen molar-refractivity contribution in [2.24, 2.45) is 11.8 Å². The molecule has 2 nitrogen and oxygen atoms in total. The molecule has 86 valence electrons. The number of rotatable bonds is 2. The molecule has 0 spiro atoms. The van der Waals surface area contributed by atoms with Gasteiger partial charge >= 0.3 is 0 Å². The quantitative estimate of drug-likeness (QED) is 0.704. The zero-order valence-corrected chi connectivity index (χ0v) is 9.01. The first kappa shape index (κ1) is 11.0. The molecule has 0 amide bonds. The zero-order chi connectivity index (χ0) is 11.1. The lowest BCUT2D eigenvalue weighted by Gasteiger charge is -2.40. The molecule has 15 heavy (non-hydrogen) atoms. The van der Waals surface area contributed by atoms with Gasteiger partial charge in [0.25, 0.3) is 0 Å². The summed E-state index contributed by atoms with van der Waals surface area (Å²) in [6.07, 6.45) is 0.655. The van der Waals surface area contributed by atoms with Crippen molar-refractivity contribution < 1.29 is 13.6 Å². The van der Waals surface area contributed by atoms with E-state index in [2.05, 4.69) is 4.90 Å². The third-order valence-corrected chi connectivity index (χ3v) is 3.45. The van der Waals surface area contributed by atoms with Crippen LogP contribution in [0.2, 0.25) is 0 Å². The topological polar surface area (TPSA) is 20.3 Å². The van der Waals surface area contributed by atoms with Crippen LogP contribution in [-0.2, 0) is 4.79 Å². The first-order valence-electron chi connectivity index (χ1n) is 5.59. The maximum absolute atomic E-state index is 12.6. The van der Waals surface area contributed by atoms with Crippen molar-refractivity contribution in [3.63, 3.8) is 0 Å². The van der Waals surface area contributed by atoms with Crippen LogP contribution < -0.4 is 0 Å². The minimum absolute atomic E-state index is 0.0336. The predicted octanol–water partition coefficient (Wildman–Crippen LogP) is 1.94. The minimum atomic E-state index is -2.41. The van der Waals surface area contributed by atoms with E-state index in [-0.39, 0.29) is 24.7 Å². The van der Waals surface area contributed by atoms with Crippen LogP contribution in [0.3, 0.4) is 0 Å². The Morgan fingerprint density at radius 3 is 2.67 bits per heavy atom. The predicted molar refractivity (Wildman–Crippen MR) is 52.9 cm³/mol. The molecule has 0 aromatic carbocycles. The number of hydrogen-bond acceptors (Lipinski definition) is 2. The summed E-state index contributed by atoms with van der Waals surface area (Å²) in [6.45, 7) is 4.17. The van der Waals surface area contributed by atoms with Crippen molar-refractivity contribution in [1.29, 1.82) is 0 Å². The molecule has 2 fully saturated rings. The molecule has 1 saturated heterocycles. The van der Waals surface area contributed by atoms with Gasteiger partial charge in [0.05, 0.1) is 0 Å². The number of likely N-dealkylation sites (tertiary alicyclic amines) is 1. The Bertz CT molecular complexity index is 259. The summed E-state index contributed by atoms with van der Waals surface area (Å²) < 4.78 is 25.2. The van der Waals surface area contributed by atoms with Gasteiger partial charge in [-0.1, -0.05) is 6.92 Å². The SMILES string of the molecule is CC1CN(CC2CC(F)(F)C2)CCC1=O. The van der Waals surface area contributed by atoms with Gasteiger partial charge < -0.3 is 4.90 Å². The Labute approximate surface area is 88.6 Å². The monoisotopic (exact) mass is 217 g/mol. The van der Waals surface area contributed by atoms with Crippen molar-refractivity contribution in [3.8, 4) is 0 Å². The lowest BCUT2D eigenvalue weighted by atomic mass is 9.80. The molecule has 0 aromatic rings. The number of hydrogen-bond donors (Lipinski definition) is 0. The van der Waals surface area contributed by atoms with Gasteiger partial charge in [-0.05, 0) is 5.92 Å². The zero-order valence-electron chi connectivity index (χ0n) is 9.01. The van der Waals surface area contributed by atoms with Crippen LogP contribution in [-0.4, -0.2) is 36.2 Å². The molecule has 1 unspecified atom stereocenters. The van der Waals surface area contributed by atoms with E-state index in [4.69, 9.17) is 0 Å². The fourth-order valence-corrected chi connectivity index (χ4v) is 2.54. The van der Waals surface area contributed by atoms with Crippen LogP contribution in [0, 0.1) is 11.8 Å². The Morgan fingerprint density at radius 2 is 2.13 bits per heavy atom. The molecule has 1 saturated carbocycles. The summed E-state index contributed by atoms with van der Waals surface area (Å²) in [5, 5.41) is 0. The summed E-state index contributed by atoms with van der Waals surface area (Å²) in [5.74, 6) is -1.88. The van der Waals surface area contributed by atoms with Crippen LogP contribution in [0.15, 0.2) is 0 Å². The van der Waals surface area contributed by atoms with Gasteiger partial charge in [0.2, 0.25) is 5.92 Å². The van der Waals surface area contributed by atoms with Gasteiger partial charge in [-0.3, -0.25) is 4.79 Å². The van der Waals surface area contributed by atoms with Crippen LogP contribution in [0.4, 0.5) is 8.78 Å². The van der Waals surface area contributed by atoms with Crippen LogP contribution >= 0.6 is 0 Å². The fourth-order valence-electron chi connectivity index (χ4n) is 2.54. The van der Waals surface area contributed by atoms with E-state index in [0.29, 0.717) is 12.2 Å². The third-order valence-electron chi connectivity index (χ3n) is 3.45. The van der Waals surface area contributed by atoms with E-state index in [1.807, 2.05) is 6.92 Å². The van der Waals surface area contributed by atoms with E-state index in [1.54, 1.807) is 0 Å². The highest BCUT2D eigenvalue weighted by atomic mass is 19.3. The van der Waals surface area contributed by atoms with Gasteiger partial charge in [0.1, 0.15) is 5.78 Å². The lowest BCUT2D eigenvalue weighted by Crippen LogP contribution is -2.47. The maximum atomic E-state index is 12.6. The lowest BCUT2D eigenvalue weighted by molar-refractivity contribution is -0.130.